The lowest BCUT2D eigenvalue weighted by Gasteiger charge is -2.26. The number of hydrogen-bond acceptors (Lipinski definition) is 8. The van der Waals surface area contributed by atoms with Gasteiger partial charge in [0.1, 0.15) is 15.5 Å². The Morgan fingerprint density at radius 1 is 1.27 bits per heavy atom. The highest BCUT2D eigenvalue weighted by Gasteiger charge is 2.32. The Kier molecular flexibility index (Phi) is 5.94. The molecule has 33 heavy (non-hydrogen) atoms. The number of amides is 1. The lowest BCUT2D eigenvalue weighted by atomic mass is 9.91. The summed E-state index contributed by atoms with van der Waals surface area (Å²) in [5, 5.41) is 4.02. The zero-order valence-electron chi connectivity index (χ0n) is 19.0. The summed E-state index contributed by atoms with van der Waals surface area (Å²) in [6.07, 6.45) is 2.48. The predicted molar refractivity (Wildman–Crippen MR) is 132 cm³/mol. The van der Waals surface area contributed by atoms with Crippen LogP contribution in [0.2, 0.25) is 0 Å². The number of nitrogens with one attached hydrogen (secondary N) is 1. The van der Waals surface area contributed by atoms with Crippen LogP contribution in [0.4, 0.5) is 11.5 Å². The number of carbonyl (C=O) groups excluding carboxylic acids is 1. The second kappa shape index (κ2) is 8.89. The van der Waals surface area contributed by atoms with Gasteiger partial charge in [0.2, 0.25) is 0 Å². The van der Waals surface area contributed by atoms with Gasteiger partial charge in [-0.3, -0.25) is 4.79 Å². The van der Waals surface area contributed by atoms with Crippen LogP contribution in [0.3, 0.4) is 0 Å². The third-order valence-corrected chi connectivity index (χ3v) is 7.65. The van der Waals surface area contributed by atoms with Gasteiger partial charge >= 0.3 is 0 Å². The number of nitrogens with zero attached hydrogens (tertiary/aromatic N) is 3. The molecular formula is C24H30N6O2S. The highest BCUT2D eigenvalue weighted by atomic mass is 32.1. The van der Waals surface area contributed by atoms with Crippen molar-refractivity contribution in [1.82, 2.24) is 15.3 Å². The van der Waals surface area contributed by atoms with E-state index in [9.17, 15) is 4.79 Å². The average Bonchev–Trinajstić information content (AvgIpc) is 3.33. The van der Waals surface area contributed by atoms with Gasteiger partial charge in [0, 0.05) is 42.5 Å². The number of ether oxygens (including phenoxy) is 1. The number of fused-ring (bicyclic) bond motifs is 2. The van der Waals surface area contributed by atoms with Crippen LogP contribution in [0.25, 0.3) is 10.2 Å². The molecule has 0 radical (unpaired) electrons. The van der Waals surface area contributed by atoms with E-state index in [1.54, 1.807) is 0 Å². The van der Waals surface area contributed by atoms with Crippen molar-refractivity contribution in [1.29, 1.82) is 0 Å². The van der Waals surface area contributed by atoms with Crippen molar-refractivity contribution in [2.24, 2.45) is 5.73 Å². The molecule has 4 heterocycles. The minimum atomic E-state index is -0.126. The molecule has 174 valence electrons. The molecule has 1 aliphatic heterocycles. The van der Waals surface area contributed by atoms with Gasteiger partial charge in [0.25, 0.3) is 5.91 Å². The smallest absolute Gasteiger partial charge is 0.263 e. The first-order valence-electron chi connectivity index (χ1n) is 11.5. The molecule has 1 saturated heterocycles. The minimum absolute atomic E-state index is 0.00262. The largest absolute Gasteiger partial charge is 0.397 e. The minimum Gasteiger partial charge on any atom is -0.397 e. The molecule has 3 atom stereocenters. The molecule has 0 bridgehead atoms. The number of rotatable bonds is 5. The standard InChI is InChI=1S/C24H30N6O2S/c1-3-32-19-12-30(11-17(19)25)20-9-5-14-10-15(6-8-18(14)29-20)28-23(31)22-21(26)16-7-4-13(2)27-24(16)33-22/h4-5,7,9,15,17,19H,3,6,8,10-12,25-26H2,1-2H3,(H,28,31)/t15-,17+,19-/m0/s1. The summed E-state index contributed by atoms with van der Waals surface area (Å²) in [6, 6.07) is 8.10. The molecule has 3 aromatic heterocycles. The molecule has 0 aromatic carbocycles. The van der Waals surface area contributed by atoms with E-state index in [1.165, 1.54) is 16.9 Å². The summed E-state index contributed by atoms with van der Waals surface area (Å²) in [6.45, 7) is 6.11. The van der Waals surface area contributed by atoms with Crippen LogP contribution < -0.4 is 21.7 Å². The van der Waals surface area contributed by atoms with E-state index < -0.39 is 0 Å². The first-order chi connectivity index (χ1) is 15.9. The van der Waals surface area contributed by atoms with E-state index in [2.05, 4.69) is 27.3 Å². The van der Waals surface area contributed by atoms with Crippen LogP contribution in [0.1, 0.15) is 40.0 Å². The lowest BCUT2D eigenvalue weighted by Crippen LogP contribution is -2.39. The maximum Gasteiger partial charge on any atom is 0.263 e. The first-order valence-corrected chi connectivity index (χ1v) is 12.3. The topological polar surface area (TPSA) is 119 Å². The summed E-state index contributed by atoms with van der Waals surface area (Å²) in [7, 11) is 0. The second-order valence-corrected chi connectivity index (χ2v) is 9.90. The SMILES string of the molecule is CCO[C@H]1CN(c2ccc3c(n2)CC[C@H](NC(=O)c2sc4nc(C)ccc4c2N)C3)C[C@H]1N. The van der Waals surface area contributed by atoms with Gasteiger partial charge in [0.15, 0.2) is 0 Å². The van der Waals surface area contributed by atoms with Gasteiger partial charge in [0.05, 0.1) is 17.8 Å². The zero-order valence-corrected chi connectivity index (χ0v) is 19.8. The van der Waals surface area contributed by atoms with Gasteiger partial charge in [-0.1, -0.05) is 6.07 Å². The highest BCUT2D eigenvalue weighted by Crippen LogP contribution is 2.33. The molecule has 2 aliphatic rings. The Hall–Kier alpha value is -2.75. The summed E-state index contributed by atoms with van der Waals surface area (Å²) >= 11 is 1.35. The Balaban J connectivity index is 1.26. The van der Waals surface area contributed by atoms with Crippen molar-refractivity contribution in [3.63, 3.8) is 0 Å². The van der Waals surface area contributed by atoms with Gasteiger partial charge in [-0.2, -0.15) is 0 Å². The van der Waals surface area contributed by atoms with E-state index in [0.717, 1.165) is 59.8 Å². The van der Waals surface area contributed by atoms with E-state index in [0.29, 0.717) is 17.2 Å². The number of aromatic nitrogens is 2. The normalized spacial score (nSPS) is 22.5. The maximum atomic E-state index is 13.0. The molecule has 9 heteroatoms. The predicted octanol–water partition coefficient (Wildman–Crippen LogP) is 2.42. The fourth-order valence-corrected chi connectivity index (χ4v) is 5.83. The molecule has 1 aliphatic carbocycles. The summed E-state index contributed by atoms with van der Waals surface area (Å²) < 4.78 is 5.75. The van der Waals surface area contributed by atoms with Crippen LogP contribution in [-0.2, 0) is 17.6 Å². The molecule has 5 N–H and O–H groups in total. The highest BCUT2D eigenvalue weighted by molar-refractivity contribution is 7.21. The average molecular weight is 467 g/mol. The summed E-state index contributed by atoms with van der Waals surface area (Å²) in [5.41, 5.74) is 16.2. The van der Waals surface area contributed by atoms with Crippen molar-refractivity contribution < 1.29 is 9.53 Å². The third kappa shape index (κ3) is 4.28. The fraction of sp³-hybridized carbons (Fsp3) is 0.458. The monoisotopic (exact) mass is 466 g/mol. The maximum absolute atomic E-state index is 13.0. The Labute approximate surface area is 197 Å². The van der Waals surface area contributed by atoms with Crippen LogP contribution in [0, 0.1) is 6.92 Å². The number of aryl methyl sites for hydroxylation is 2. The number of thiophene rings is 1. The molecule has 3 aromatic rings. The molecule has 0 unspecified atom stereocenters. The quantitative estimate of drug-likeness (QED) is 0.528. The van der Waals surface area contributed by atoms with Crippen molar-refractivity contribution in [3.8, 4) is 0 Å². The fourth-order valence-electron chi connectivity index (χ4n) is 4.78. The summed E-state index contributed by atoms with van der Waals surface area (Å²) in [5.74, 6) is 0.828. The van der Waals surface area contributed by atoms with Gasteiger partial charge in [-0.25, -0.2) is 9.97 Å². The Morgan fingerprint density at radius 3 is 2.94 bits per heavy atom. The lowest BCUT2D eigenvalue weighted by molar-refractivity contribution is 0.0680. The molecule has 8 nitrogen and oxygen atoms in total. The van der Waals surface area contributed by atoms with Crippen molar-refractivity contribution in [2.45, 2.75) is 51.3 Å². The molecule has 0 spiro atoms. The zero-order chi connectivity index (χ0) is 23.1. The van der Waals surface area contributed by atoms with Crippen LogP contribution in [-0.4, -0.2) is 53.8 Å². The molecule has 0 saturated carbocycles. The van der Waals surface area contributed by atoms with Crippen molar-refractivity contribution >= 4 is 39.0 Å². The van der Waals surface area contributed by atoms with E-state index in [4.69, 9.17) is 21.2 Å². The number of nitrogens with two attached hydrogens (primary N) is 2. The van der Waals surface area contributed by atoms with Crippen LogP contribution in [0.5, 0.6) is 0 Å². The molecular weight excluding hydrogens is 436 g/mol. The Morgan fingerprint density at radius 2 is 2.12 bits per heavy atom. The first kappa shape index (κ1) is 22.1. The second-order valence-electron chi connectivity index (χ2n) is 8.90. The van der Waals surface area contributed by atoms with Crippen molar-refractivity contribution in [3.05, 3.63) is 46.1 Å². The van der Waals surface area contributed by atoms with Gasteiger partial charge in [-0.05, 0) is 56.9 Å². The number of nitrogen functional groups attached to an aromatic ring is 1. The van der Waals surface area contributed by atoms with Gasteiger partial charge in [-0.15, -0.1) is 11.3 Å². The van der Waals surface area contributed by atoms with E-state index in [1.807, 2.05) is 26.0 Å². The third-order valence-electron chi connectivity index (χ3n) is 6.54. The number of pyridine rings is 2. The van der Waals surface area contributed by atoms with Crippen LogP contribution >= 0.6 is 11.3 Å². The van der Waals surface area contributed by atoms with E-state index in [-0.39, 0.29) is 24.1 Å². The molecule has 1 amide bonds. The van der Waals surface area contributed by atoms with E-state index >= 15 is 0 Å². The molecule has 1 fully saturated rings. The molecule has 5 rings (SSSR count). The van der Waals surface area contributed by atoms with Crippen molar-refractivity contribution in [2.75, 3.05) is 30.3 Å². The Bertz CT molecular complexity index is 1200. The van der Waals surface area contributed by atoms with Crippen LogP contribution in [0.15, 0.2) is 24.3 Å². The number of hydrogen-bond donors (Lipinski definition) is 3. The summed E-state index contributed by atoms with van der Waals surface area (Å²) in [4.78, 5) is 26.0. The number of carbonyl (C=O) groups is 1. The number of anilines is 2. The van der Waals surface area contributed by atoms with Gasteiger partial charge < -0.3 is 26.4 Å².